The Morgan fingerprint density at radius 1 is 0.949 bits per heavy atom. The highest BCUT2D eigenvalue weighted by molar-refractivity contribution is 7.98. The van der Waals surface area contributed by atoms with Gasteiger partial charge in [0.2, 0.25) is 0 Å². The number of aromatic nitrogens is 1. The molecular formula is C31H46N4O3S. The number of benzene rings is 1. The lowest BCUT2D eigenvalue weighted by Gasteiger charge is -2.09. The second-order valence-electron chi connectivity index (χ2n) is 10.2. The molecule has 4 N–H and O–H groups in total. The van der Waals surface area contributed by atoms with Gasteiger partial charge in [0.1, 0.15) is 0 Å². The molecular weight excluding hydrogens is 508 g/mol. The van der Waals surface area contributed by atoms with Gasteiger partial charge in [-0.15, -0.1) is 0 Å². The molecule has 0 saturated heterocycles. The van der Waals surface area contributed by atoms with Crippen molar-refractivity contribution < 1.29 is 14.7 Å². The van der Waals surface area contributed by atoms with E-state index in [-0.39, 0.29) is 6.03 Å². The van der Waals surface area contributed by atoms with Crippen molar-refractivity contribution in [1.82, 2.24) is 15.0 Å². The summed E-state index contributed by atoms with van der Waals surface area (Å²) in [4.78, 5) is 27.7. The number of hydrogen-bond donors (Lipinski definition) is 4. The summed E-state index contributed by atoms with van der Waals surface area (Å²) in [6.07, 6.45) is 9.56. The van der Waals surface area contributed by atoms with Gasteiger partial charge < -0.3 is 15.7 Å². The molecule has 0 radical (unpaired) electrons. The zero-order chi connectivity index (χ0) is 28.5. The number of rotatable bonds is 15. The molecule has 1 heterocycles. The van der Waals surface area contributed by atoms with Crippen molar-refractivity contribution in [1.29, 1.82) is 0 Å². The number of carbonyl (C=O) groups is 2. The molecule has 214 valence electrons. The van der Waals surface area contributed by atoms with Crippen LogP contribution in [-0.4, -0.2) is 35.2 Å². The Labute approximate surface area is 238 Å². The molecule has 8 heteroatoms. The summed E-state index contributed by atoms with van der Waals surface area (Å²) in [5, 5.41) is 15.8. The average Bonchev–Trinajstić information content (AvgIpc) is 3.13. The number of aliphatic carboxylic acids is 1. The Morgan fingerprint density at radius 2 is 1.67 bits per heavy atom. The molecule has 2 aliphatic rings. The Hall–Kier alpha value is -3.00. The maximum absolute atomic E-state index is 11.8. The number of fused-ring (bicyclic) bond motifs is 3. The van der Waals surface area contributed by atoms with E-state index in [1.165, 1.54) is 44.1 Å². The second kappa shape index (κ2) is 18.3. The first-order chi connectivity index (χ1) is 18.8. The van der Waals surface area contributed by atoms with E-state index in [0.29, 0.717) is 18.9 Å². The van der Waals surface area contributed by atoms with E-state index in [2.05, 4.69) is 60.4 Å². The predicted molar refractivity (Wildman–Crippen MR) is 165 cm³/mol. The molecule has 0 saturated carbocycles. The zero-order valence-electron chi connectivity index (χ0n) is 24.0. The molecule has 1 aliphatic carbocycles. The predicted octanol–water partition coefficient (Wildman–Crippen LogP) is 8.34. The summed E-state index contributed by atoms with van der Waals surface area (Å²) >= 11 is 1.30. The van der Waals surface area contributed by atoms with Crippen LogP contribution in [0.25, 0.3) is 22.2 Å². The van der Waals surface area contributed by atoms with Crippen LogP contribution < -0.4 is 15.4 Å². The van der Waals surface area contributed by atoms with E-state index in [1.807, 2.05) is 25.1 Å². The quantitative estimate of drug-likeness (QED) is 0.111. The topological polar surface area (TPSA) is 103 Å². The van der Waals surface area contributed by atoms with E-state index in [1.54, 1.807) is 0 Å². The number of nitrogens with one attached hydrogen (secondary N) is 3. The van der Waals surface area contributed by atoms with Gasteiger partial charge in [0.25, 0.3) is 0 Å². The van der Waals surface area contributed by atoms with Crippen LogP contribution in [0.2, 0.25) is 0 Å². The van der Waals surface area contributed by atoms with Crippen LogP contribution in [-0.2, 0) is 4.79 Å². The fraction of sp³-hybridized carbons (Fsp3) is 0.516. The Morgan fingerprint density at radius 3 is 2.36 bits per heavy atom. The van der Waals surface area contributed by atoms with Gasteiger partial charge in [0.05, 0.1) is 16.9 Å². The van der Waals surface area contributed by atoms with E-state index in [0.717, 1.165) is 58.6 Å². The van der Waals surface area contributed by atoms with Crippen LogP contribution in [0.5, 0.6) is 0 Å². The summed E-state index contributed by atoms with van der Waals surface area (Å²) in [7, 11) is 0. The molecule has 1 aliphatic heterocycles. The van der Waals surface area contributed by atoms with E-state index in [4.69, 9.17) is 10.1 Å². The Bertz CT molecular complexity index is 1120. The summed E-state index contributed by atoms with van der Waals surface area (Å²) in [6, 6.07) is 14.2. The molecule has 2 amide bonds. The fourth-order valence-electron chi connectivity index (χ4n) is 4.04. The summed E-state index contributed by atoms with van der Waals surface area (Å²) in [5.74, 6) is -0.0982. The highest BCUT2D eigenvalue weighted by Gasteiger charge is 2.14. The van der Waals surface area contributed by atoms with Crippen LogP contribution in [0.3, 0.4) is 0 Å². The normalized spacial score (nSPS) is 10.8. The van der Waals surface area contributed by atoms with Gasteiger partial charge in [-0.25, -0.2) is 9.78 Å². The van der Waals surface area contributed by atoms with Crippen LogP contribution in [0, 0.1) is 5.92 Å². The van der Waals surface area contributed by atoms with Gasteiger partial charge in [-0.3, -0.25) is 9.52 Å². The number of anilines is 1. The van der Waals surface area contributed by atoms with E-state index < -0.39 is 5.97 Å². The minimum atomic E-state index is -0.663. The van der Waals surface area contributed by atoms with Crippen molar-refractivity contribution in [2.45, 2.75) is 90.4 Å². The van der Waals surface area contributed by atoms with Gasteiger partial charge in [-0.05, 0) is 48.9 Å². The molecule has 3 rings (SSSR count). The first-order valence-electron chi connectivity index (χ1n) is 14.3. The van der Waals surface area contributed by atoms with E-state index in [9.17, 15) is 9.59 Å². The first-order valence-corrected chi connectivity index (χ1v) is 15.2. The number of hydrogen-bond acceptors (Lipinski definition) is 5. The standard InChI is InChI=1S/C21H26N4OS.C10H20O2/c1-4-11-22-21(26)25-27-15-7-5-8-16-17-9-6-10-18(23-13-14(2)3)20(17)24-19(16)12-15;1-2-3-4-5-6-7-8-9-10(11)12/h5-10,12,14,23H,4,11,13H2,1-3H3,(H2,22,25,26);2-9H2,1H3,(H,11,12). The molecule has 0 fully saturated rings. The lowest BCUT2D eigenvalue weighted by atomic mass is 10.1. The Kier molecular flexibility index (Phi) is 15.1. The molecule has 1 aromatic rings. The van der Waals surface area contributed by atoms with Crippen molar-refractivity contribution in [3.05, 3.63) is 42.5 Å². The molecule has 0 unspecified atom stereocenters. The molecule has 1 aromatic carbocycles. The van der Waals surface area contributed by atoms with Crippen LogP contribution in [0.4, 0.5) is 10.5 Å². The van der Waals surface area contributed by atoms with Crippen molar-refractivity contribution in [2.75, 3.05) is 18.4 Å². The van der Waals surface area contributed by atoms with Gasteiger partial charge in [0.15, 0.2) is 0 Å². The SMILES string of the molecule is CCCCCCCCCC(=O)O.CCCNC(=O)NSc1cccc2c3cccc(NCC(C)C)c3nc-2c1. The summed E-state index contributed by atoms with van der Waals surface area (Å²) in [6.45, 7) is 10.2. The molecule has 0 aromatic heterocycles. The fourth-order valence-corrected chi connectivity index (χ4v) is 4.64. The molecule has 0 spiro atoms. The Balaban J connectivity index is 0.000000377. The third-order valence-corrected chi connectivity index (χ3v) is 6.91. The highest BCUT2D eigenvalue weighted by Crippen LogP contribution is 2.35. The number of nitrogens with zero attached hydrogens (tertiary/aromatic N) is 1. The number of amides is 2. The molecule has 0 bridgehead atoms. The minimum absolute atomic E-state index is 0.176. The number of carboxylic acids is 1. The summed E-state index contributed by atoms with van der Waals surface area (Å²) in [5.41, 5.74) is 4.09. The maximum Gasteiger partial charge on any atom is 0.325 e. The maximum atomic E-state index is 11.8. The third-order valence-electron chi connectivity index (χ3n) is 6.13. The van der Waals surface area contributed by atoms with Crippen LogP contribution in [0.15, 0.2) is 47.4 Å². The summed E-state index contributed by atoms with van der Waals surface area (Å²) < 4.78 is 2.82. The number of para-hydroxylation sites is 1. The van der Waals surface area contributed by atoms with Crippen LogP contribution in [0.1, 0.15) is 85.5 Å². The lowest BCUT2D eigenvalue weighted by molar-refractivity contribution is -0.137. The molecule has 0 atom stereocenters. The third kappa shape index (κ3) is 12.2. The first kappa shape index (κ1) is 32.2. The number of unbranched alkanes of at least 4 members (excludes halogenated alkanes) is 6. The van der Waals surface area contributed by atoms with Gasteiger partial charge in [-0.2, -0.15) is 0 Å². The smallest absolute Gasteiger partial charge is 0.325 e. The number of urea groups is 1. The lowest BCUT2D eigenvalue weighted by Crippen LogP contribution is -2.31. The second-order valence-corrected chi connectivity index (χ2v) is 11.1. The van der Waals surface area contributed by atoms with Gasteiger partial charge in [0, 0.05) is 35.4 Å². The molecule has 7 nitrogen and oxygen atoms in total. The monoisotopic (exact) mass is 554 g/mol. The van der Waals surface area contributed by atoms with Crippen LogP contribution >= 0.6 is 11.9 Å². The molecule has 39 heavy (non-hydrogen) atoms. The minimum Gasteiger partial charge on any atom is -0.481 e. The van der Waals surface area contributed by atoms with E-state index >= 15 is 0 Å². The number of carboxylic acid groups (broad SMARTS) is 1. The van der Waals surface area contributed by atoms with Crippen molar-refractivity contribution >= 4 is 40.5 Å². The number of carbonyl (C=O) groups excluding carboxylic acids is 1. The van der Waals surface area contributed by atoms with Crippen molar-refractivity contribution in [3.8, 4) is 11.3 Å². The zero-order valence-corrected chi connectivity index (χ0v) is 24.8. The van der Waals surface area contributed by atoms with Gasteiger partial charge in [-0.1, -0.05) is 90.5 Å². The largest absolute Gasteiger partial charge is 0.481 e. The van der Waals surface area contributed by atoms with Crippen molar-refractivity contribution in [3.63, 3.8) is 0 Å². The van der Waals surface area contributed by atoms with Gasteiger partial charge >= 0.3 is 12.0 Å². The van der Waals surface area contributed by atoms with Crippen molar-refractivity contribution in [2.24, 2.45) is 5.92 Å². The highest BCUT2D eigenvalue weighted by atomic mass is 32.2. The average molecular weight is 555 g/mol.